The van der Waals surface area contributed by atoms with E-state index in [1.165, 1.54) is 14.2 Å². The van der Waals surface area contributed by atoms with Crippen LogP contribution in [0.3, 0.4) is 0 Å². The molecule has 4 nitrogen and oxygen atoms in total. The maximum absolute atomic E-state index is 12.3. The average molecular weight is 286 g/mol. The molecule has 0 aliphatic rings. The monoisotopic (exact) mass is 285 g/mol. The lowest BCUT2D eigenvalue weighted by Crippen LogP contribution is -2.34. The smallest absolute Gasteiger partial charge is 0.259 e. The van der Waals surface area contributed by atoms with E-state index in [2.05, 4.69) is 5.32 Å². The van der Waals surface area contributed by atoms with Gasteiger partial charge in [-0.05, 0) is 32.4 Å². The van der Waals surface area contributed by atoms with Crippen LogP contribution >= 0.6 is 11.6 Å². The van der Waals surface area contributed by atoms with Crippen LogP contribution in [-0.2, 0) is 0 Å². The quantitative estimate of drug-likeness (QED) is 0.818. The lowest BCUT2D eigenvalue weighted by Gasteiger charge is -2.17. The molecular formula is C14H20ClNO3. The molecule has 0 saturated carbocycles. The topological polar surface area (TPSA) is 47.6 Å². The lowest BCUT2D eigenvalue weighted by molar-refractivity contribution is 0.0932. The molecule has 2 atom stereocenters. The molecule has 0 spiro atoms. The van der Waals surface area contributed by atoms with Crippen molar-refractivity contribution >= 4 is 17.5 Å². The van der Waals surface area contributed by atoms with Gasteiger partial charge in [0.2, 0.25) is 0 Å². The van der Waals surface area contributed by atoms with Crippen molar-refractivity contribution in [3.63, 3.8) is 0 Å². The molecule has 1 rings (SSSR count). The number of nitrogens with one attached hydrogen (secondary N) is 1. The van der Waals surface area contributed by atoms with Crippen LogP contribution in [0.15, 0.2) is 18.2 Å². The Morgan fingerprint density at radius 3 is 2.21 bits per heavy atom. The van der Waals surface area contributed by atoms with E-state index in [1.54, 1.807) is 18.2 Å². The predicted octanol–water partition coefficient (Wildman–Crippen LogP) is 2.84. The fourth-order valence-electron chi connectivity index (χ4n) is 1.92. The highest BCUT2D eigenvalue weighted by Gasteiger charge is 2.20. The van der Waals surface area contributed by atoms with Gasteiger partial charge < -0.3 is 14.8 Å². The fourth-order valence-corrected chi connectivity index (χ4v) is 2.18. The first-order valence-electron chi connectivity index (χ1n) is 6.15. The van der Waals surface area contributed by atoms with E-state index in [0.29, 0.717) is 23.5 Å². The van der Waals surface area contributed by atoms with Crippen molar-refractivity contribution in [2.45, 2.75) is 31.7 Å². The van der Waals surface area contributed by atoms with Crippen molar-refractivity contribution in [1.82, 2.24) is 5.32 Å². The van der Waals surface area contributed by atoms with Crippen LogP contribution in [-0.4, -0.2) is 31.5 Å². The zero-order chi connectivity index (χ0) is 14.4. The minimum absolute atomic E-state index is 0.00913. The summed E-state index contributed by atoms with van der Waals surface area (Å²) in [5, 5.41) is 2.90. The van der Waals surface area contributed by atoms with Crippen molar-refractivity contribution in [3.8, 4) is 11.5 Å². The molecule has 106 valence electrons. The Morgan fingerprint density at radius 1 is 1.26 bits per heavy atom. The molecular weight excluding hydrogens is 266 g/mol. The van der Waals surface area contributed by atoms with Crippen molar-refractivity contribution < 1.29 is 14.3 Å². The number of carbonyl (C=O) groups is 1. The highest BCUT2D eigenvalue weighted by Crippen LogP contribution is 2.28. The van der Waals surface area contributed by atoms with Gasteiger partial charge >= 0.3 is 0 Å². The van der Waals surface area contributed by atoms with Crippen LogP contribution in [0.5, 0.6) is 11.5 Å². The number of alkyl halides is 1. The molecule has 0 radical (unpaired) electrons. The van der Waals surface area contributed by atoms with Gasteiger partial charge in [-0.2, -0.15) is 0 Å². The van der Waals surface area contributed by atoms with Gasteiger partial charge in [0.05, 0.1) is 14.2 Å². The number of carbonyl (C=O) groups excluding carboxylic acids is 1. The van der Waals surface area contributed by atoms with Gasteiger partial charge in [0, 0.05) is 11.4 Å². The van der Waals surface area contributed by atoms with Gasteiger partial charge in [0.1, 0.15) is 17.1 Å². The first-order valence-corrected chi connectivity index (χ1v) is 6.59. The Morgan fingerprint density at radius 2 is 1.79 bits per heavy atom. The van der Waals surface area contributed by atoms with Crippen LogP contribution in [0.2, 0.25) is 0 Å². The summed E-state index contributed by atoms with van der Waals surface area (Å²) in [6.45, 7) is 3.81. The molecule has 0 fully saturated rings. The second-order valence-corrected chi connectivity index (χ2v) is 5.17. The molecule has 5 heteroatoms. The average Bonchev–Trinajstić information content (AvgIpc) is 2.36. The molecule has 0 heterocycles. The summed E-state index contributed by atoms with van der Waals surface area (Å²) in [4.78, 5) is 12.3. The van der Waals surface area contributed by atoms with Crippen molar-refractivity contribution in [2.24, 2.45) is 0 Å². The van der Waals surface area contributed by atoms with E-state index >= 15 is 0 Å². The Balaban J connectivity index is 2.92. The van der Waals surface area contributed by atoms with Gasteiger partial charge in [0.15, 0.2) is 0 Å². The predicted molar refractivity (Wildman–Crippen MR) is 76.4 cm³/mol. The first-order chi connectivity index (χ1) is 8.99. The summed E-state index contributed by atoms with van der Waals surface area (Å²) in [6, 6.07) is 5.21. The summed E-state index contributed by atoms with van der Waals surface area (Å²) in [7, 11) is 3.05. The van der Waals surface area contributed by atoms with Crippen LogP contribution in [0.25, 0.3) is 0 Å². The molecule has 0 aromatic heterocycles. The van der Waals surface area contributed by atoms with Gasteiger partial charge in [-0.25, -0.2) is 0 Å². The lowest BCUT2D eigenvalue weighted by atomic mass is 10.1. The van der Waals surface area contributed by atoms with E-state index in [9.17, 15) is 4.79 Å². The van der Waals surface area contributed by atoms with Crippen molar-refractivity contribution in [3.05, 3.63) is 23.8 Å². The fraction of sp³-hybridized carbons (Fsp3) is 0.500. The third-order valence-corrected chi connectivity index (χ3v) is 2.89. The van der Waals surface area contributed by atoms with Crippen LogP contribution < -0.4 is 14.8 Å². The summed E-state index contributed by atoms with van der Waals surface area (Å²) in [6.07, 6.45) is 0.699. The molecule has 0 aliphatic heterocycles. The number of methoxy groups -OCH3 is 2. The van der Waals surface area contributed by atoms with E-state index < -0.39 is 0 Å². The van der Waals surface area contributed by atoms with Crippen LogP contribution in [0.4, 0.5) is 0 Å². The third kappa shape index (κ3) is 4.31. The molecule has 2 unspecified atom stereocenters. The number of hydrogen-bond donors (Lipinski definition) is 1. The number of hydrogen-bond acceptors (Lipinski definition) is 3. The molecule has 1 N–H and O–H groups in total. The summed E-state index contributed by atoms with van der Waals surface area (Å²) >= 11 is 5.92. The molecule has 0 aliphatic carbocycles. The summed E-state index contributed by atoms with van der Waals surface area (Å²) in [5.74, 6) is 0.755. The highest BCUT2D eigenvalue weighted by molar-refractivity contribution is 6.20. The molecule has 19 heavy (non-hydrogen) atoms. The molecule has 0 bridgehead atoms. The van der Waals surface area contributed by atoms with E-state index in [0.717, 1.165) is 0 Å². The van der Waals surface area contributed by atoms with Crippen LogP contribution in [0.1, 0.15) is 30.6 Å². The third-order valence-electron chi connectivity index (χ3n) is 2.71. The number of benzene rings is 1. The Kier molecular flexibility index (Phi) is 5.96. The molecule has 1 amide bonds. The zero-order valence-electron chi connectivity index (χ0n) is 11.7. The minimum Gasteiger partial charge on any atom is -0.496 e. The SMILES string of the molecule is COc1cccc(OC)c1C(=O)NC(C)CC(C)Cl. The number of amides is 1. The largest absolute Gasteiger partial charge is 0.496 e. The number of ether oxygens (including phenoxy) is 2. The van der Waals surface area contributed by atoms with Crippen LogP contribution in [0, 0.1) is 0 Å². The first kappa shape index (κ1) is 15.6. The van der Waals surface area contributed by atoms with Gasteiger partial charge in [-0.1, -0.05) is 6.07 Å². The maximum Gasteiger partial charge on any atom is 0.259 e. The summed E-state index contributed by atoms with van der Waals surface area (Å²) in [5.41, 5.74) is 0.404. The van der Waals surface area contributed by atoms with E-state index in [4.69, 9.17) is 21.1 Å². The minimum atomic E-state index is -0.223. The Bertz CT molecular complexity index is 412. The Labute approximate surface area is 119 Å². The zero-order valence-corrected chi connectivity index (χ0v) is 12.5. The van der Waals surface area contributed by atoms with E-state index in [1.807, 2.05) is 13.8 Å². The normalized spacial score (nSPS) is 13.5. The number of rotatable bonds is 6. The highest BCUT2D eigenvalue weighted by atomic mass is 35.5. The maximum atomic E-state index is 12.3. The molecule has 0 saturated heterocycles. The van der Waals surface area contributed by atoms with Crippen molar-refractivity contribution in [2.75, 3.05) is 14.2 Å². The van der Waals surface area contributed by atoms with E-state index in [-0.39, 0.29) is 17.3 Å². The standard InChI is InChI=1S/C14H20ClNO3/c1-9(15)8-10(2)16-14(17)13-11(18-3)6-5-7-12(13)19-4/h5-7,9-10H,8H2,1-4H3,(H,16,17). The molecule has 1 aromatic rings. The summed E-state index contributed by atoms with van der Waals surface area (Å²) < 4.78 is 10.4. The second kappa shape index (κ2) is 7.24. The van der Waals surface area contributed by atoms with Gasteiger partial charge in [0.25, 0.3) is 5.91 Å². The Hall–Kier alpha value is -1.42. The second-order valence-electron chi connectivity index (χ2n) is 4.43. The molecule has 1 aromatic carbocycles. The number of halogens is 1. The van der Waals surface area contributed by atoms with Gasteiger partial charge in [-0.3, -0.25) is 4.79 Å². The van der Waals surface area contributed by atoms with Gasteiger partial charge in [-0.15, -0.1) is 11.6 Å². The van der Waals surface area contributed by atoms with Crippen molar-refractivity contribution in [1.29, 1.82) is 0 Å².